The number of fused-ring (bicyclic) bond motifs is 1. The predicted molar refractivity (Wildman–Crippen MR) is 77.0 cm³/mol. The van der Waals surface area contributed by atoms with Gasteiger partial charge in [-0.25, -0.2) is 9.98 Å². The number of aliphatic imine (C=N–C) groups is 3. The van der Waals surface area contributed by atoms with Gasteiger partial charge in [0.05, 0.1) is 19.2 Å². The minimum atomic E-state index is -0.138. The predicted octanol–water partition coefficient (Wildman–Crippen LogP) is 1.95. The van der Waals surface area contributed by atoms with Gasteiger partial charge in [0.15, 0.2) is 6.17 Å². The molecule has 2 unspecified atom stereocenters. The van der Waals surface area contributed by atoms with Gasteiger partial charge in [-0.05, 0) is 12.5 Å². The number of ether oxygens (including phenoxy) is 1. The van der Waals surface area contributed by atoms with E-state index < -0.39 is 0 Å². The molecule has 0 fully saturated rings. The molecule has 6 heteroatoms. The zero-order chi connectivity index (χ0) is 13.2. The molecule has 3 aliphatic rings. The minimum Gasteiger partial charge on any atom is -0.501 e. The van der Waals surface area contributed by atoms with E-state index in [0.717, 1.165) is 25.1 Å². The molecule has 0 aromatic heterocycles. The second kappa shape index (κ2) is 5.17. The Labute approximate surface area is 117 Å². The van der Waals surface area contributed by atoms with Gasteiger partial charge < -0.3 is 9.64 Å². The molecule has 5 nitrogen and oxygen atoms in total. The summed E-state index contributed by atoms with van der Waals surface area (Å²) in [4.78, 5) is 14.8. The number of hydrogen-bond donors (Lipinski definition) is 0. The quantitative estimate of drug-likeness (QED) is 0.792. The van der Waals surface area contributed by atoms with Crippen LogP contribution in [0.15, 0.2) is 38.5 Å². The molecule has 100 valence electrons. The molecule has 0 aromatic rings. The van der Waals surface area contributed by atoms with Gasteiger partial charge in [-0.15, -0.1) is 0 Å². The first-order chi connectivity index (χ1) is 9.28. The maximum absolute atomic E-state index is 6.04. The van der Waals surface area contributed by atoms with Crippen molar-refractivity contribution in [2.45, 2.75) is 25.0 Å². The second-order valence-electron chi connectivity index (χ2n) is 4.67. The topological polar surface area (TPSA) is 49.5 Å². The van der Waals surface area contributed by atoms with E-state index in [1.807, 2.05) is 12.4 Å². The zero-order valence-electron chi connectivity index (χ0n) is 10.7. The van der Waals surface area contributed by atoms with Crippen LogP contribution in [0.4, 0.5) is 0 Å². The largest absolute Gasteiger partial charge is 0.501 e. The molecule has 0 radical (unpaired) electrons. The molecule has 0 saturated heterocycles. The molecule has 0 bridgehead atoms. The summed E-state index contributed by atoms with van der Waals surface area (Å²) in [6, 6.07) is -0.138. The number of hydrogen-bond acceptors (Lipinski definition) is 5. The van der Waals surface area contributed by atoms with Crippen LogP contribution in [0.1, 0.15) is 12.8 Å². The highest BCUT2D eigenvalue weighted by atomic mass is 35.5. The van der Waals surface area contributed by atoms with E-state index in [1.54, 1.807) is 7.11 Å². The summed E-state index contributed by atoms with van der Waals surface area (Å²) in [6.07, 6.45) is 9.40. The maximum atomic E-state index is 6.04. The molecule has 0 aromatic carbocycles. The Bertz CT molecular complexity index is 521. The Morgan fingerprint density at radius 3 is 3.00 bits per heavy atom. The number of nitrogens with zero attached hydrogens (tertiary/aromatic N) is 4. The summed E-state index contributed by atoms with van der Waals surface area (Å²) in [7, 11) is 1.71. The van der Waals surface area contributed by atoms with E-state index in [2.05, 4.69) is 26.0 Å². The van der Waals surface area contributed by atoms with Crippen LogP contribution < -0.4 is 0 Å². The Morgan fingerprint density at radius 2 is 2.26 bits per heavy atom. The molecule has 1 aliphatic carbocycles. The van der Waals surface area contributed by atoms with Gasteiger partial charge in [-0.3, -0.25) is 4.99 Å². The SMILES string of the molecule is COC1=CC=C(CN2C=NC3C(Cl)=NC=NC32)CC1. The van der Waals surface area contributed by atoms with Crippen molar-refractivity contribution in [2.75, 3.05) is 13.7 Å². The van der Waals surface area contributed by atoms with Crippen LogP contribution in [0.25, 0.3) is 0 Å². The minimum absolute atomic E-state index is 0.0429. The molecule has 2 heterocycles. The first-order valence-electron chi connectivity index (χ1n) is 6.24. The molecule has 2 aliphatic heterocycles. The van der Waals surface area contributed by atoms with Crippen LogP contribution >= 0.6 is 11.6 Å². The van der Waals surface area contributed by atoms with Crippen molar-refractivity contribution in [3.63, 3.8) is 0 Å². The fourth-order valence-corrected chi connectivity index (χ4v) is 2.61. The summed E-state index contributed by atoms with van der Waals surface area (Å²) >= 11 is 6.04. The van der Waals surface area contributed by atoms with Gasteiger partial charge in [0.25, 0.3) is 0 Å². The third-order valence-corrected chi connectivity index (χ3v) is 3.81. The molecular formula is C13H15ClN4O. The molecule has 0 saturated carbocycles. The van der Waals surface area contributed by atoms with Crippen LogP contribution in [-0.2, 0) is 4.74 Å². The number of rotatable bonds is 3. The zero-order valence-corrected chi connectivity index (χ0v) is 11.4. The average Bonchev–Trinajstić information content (AvgIpc) is 2.84. The Balaban J connectivity index is 1.68. The number of halogens is 1. The van der Waals surface area contributed by atoms with E-state index in [-0.39, 0.29) is 12.2 Å². The maximum Gasteiger partial charge on any atom is 0.153 e. The highest BCUT2D eigenvalue weighted by Gasteiger charge is 2.35. The standard InChI is InChI=1S/C13H15ClN4O/c1-19-10-4-2-9(3-5-10)6-18-8-17-11-12(14)15-7-16-13(11)18/h2,4,7-8,11,13H,3,5-6H2,1H3. The molecule has 3 rings (SSSR count). The lowest BCUT2D eigenvalue weighted by atomic mass is 10.0. The summed E-state index contributed by atoms with van der Waals surface area (Å²) in [6.45, 7) is 0.819. The van der Waals surface area contributed by atoms with Crippen LogP contribution in [0.3, 0.4) is 0 Å². The normalized spacial score (nSPS) is 28.7. The molecule has 2 atom stereocenters. The first-order valence-corrected chi connectivity index (χ1v) is 6.62. The third kappa shape index (κ3) is 2.42. The van der Waals surface area contributed by atoms with Gasteiger partial charge in [0, 0.05) is 13.0 Å². The van der Waals surface area contributed by atoms with E-state index in [4.69, 9.17) is 16.3 Å². The van der Waals surface area contributed by atoms with Crippen molar-refractivity contribution in [3.05, 3.63) is 23.5 Å². The lowest BCUT2D eigenvalue weighted by molar-refractivity contribution is 0.274. The fraction of sp³-hybridized carbons (Fsp3) is 0.462. The van der Waals surface area contributed by atoms with Crippen molar-refractivity contribution in [1.29, 1.82) is 0 Å². The Hall–Kier alpha value is -1.62. The van der Waals surface area contributed by atoms with Crippen molar-refractivity contribution in [3.8, 4) is 0 Å². The summed E-state index contributed by atoms with van der Waals surface area (Å²) in [5.41, 5.74) is 1.35. The van der Waals surface area contributed by atoms with Crippen LogP contribution in [0.2, 0.25) is 0 Å². The first kappa shape index (κ1) is 12.4. The number of methoxy groups -OCH3 is 1. The highest BCUT2D eigenvalue weighted by molar-refractivity contribution is 6.67. The van der Waals surface area contributed by atoms with E-state index >= 15 is 0 Å². The Morgan fingerprint density at radius 1 is 1.37 bits per heavy atom. The van der Waals surface area contributed by atoms with Gasteiger partial charge in [-0.2, -0.15) is 0 Å². The second-order valence-corrected chi connectivity index (χ2v) is 5.06. The molecular weight excluding hydrogens is 264 g/mol. The van der Waals surface area contributed by atoms with Crippen molar-refractivity contribution < 1.29 is 4.74 Å². The van der Waals surface area contributed by atoms with Gasteiger partial charge in [-0.1, -0.05) is 23.3 Å². The van der Waals surface area contributed by atoms with E-state index in [1.165, 1.54) is 11.9 Å². The molecule has 0 N–H and O–H groups in total. The van der Waals surface area contributed by atoms with Crippen LogP contribution in [0.5, 0.6) is 0 Å². The third-order valence-electron chi connectivity index (χ3n) is 3.49. The fourth-order valence-electron chi connectivity index (χ4n) is 2.40. The lowest BCUT2D eigenvalue weighted by Crippen LogP contribution is -2.40. The average molecular weight is 279 g/mol. The van der Waals surface area contributed by atoms with E-state index in [0.29, 0.717) is 5.17 Å². The monoisotopic (exact) mass is 278 g/mol. The summed E-state index contributed by atoms with van der Waals surface area (Å²) < 4.78 is 5.23. The van der Waals surface area contributed by atoms with E-state index in [9.17, 15) is 0 Å². The Kier molecular flexibility index (Phi) is 3.38. The van der Waals surface area contributed by atoms with Crippen molar-refractivity contribution in [2.24, 2.45) is 15.0 Å². The summed E-state index contributed by atoms with van der Waals surface area (Å²) in [5, 5.41) is 0.512. The van der Waals surface area contributed by atoms with Crippen LogP contribution in [0, 0.1) is 0 Å². The van der Waals surface area contributed by atoms with Crippen molar-refractivity contribution in [1.82, 2.24) is 4.90 Å². The van der Waals surface area contributed by atoms with Crippen LogP contribution in [-0.4, -0.2) is 48.6 Å². The number of allylic oxidation sites excluding steroid dienone is 3. The molecule has 19 heavy (non-hydrogen) atoms. The summed E-state index contributed by atoms with van der Waals surface area (Å²) in [5.74, 6) is 1.03. The van der Waals surface area contributed by atoms with Gasteiger partial charge in [0.1, 0.15) is 17.6 Å². The van der Waals surface area contributed by atoms with Gasteiger partial charge in [0.2, 0.25) is 0 Å². The highest BCUT2D eigenvalue weighted by Crippen LogP contribution is 2.25. The molecule has 0 amide bonds. The lowest BCUT2D eigenvalue weighted by Gasteiger charge is -2.27. The smallest absolute Gasteiger partial charge is 0.153 e. The van der Waals surface area contributed by atoms with Crippen molar-refractivity contribution >= 4 is 29.4 Å². The molecule has 0 spiro atoms. The van der Waals surface area contributed by atoms with Gasteiger partial charge >= 0.3 is 0 Å².